The van der Waals surface area contributed by atoms with Crippen molar-refractivity contribution < 1.29 is 14.1 Å². The Morgan fingerprint density at radius 3 is 2.34 bits per heavy atom. The number of nitrogens with one attached hydrogen (secondary N) is 3. The highest BCUT2D eigenvalue weighted by molar-refractivity contribution is 6.30. The van der Waals surface area contributed by atoms with Crippen molar-refractivity contribution >= 4 is 23.0 Å². The predicted octanol–water partition coefficient (Wildman–Crippen LogP) is 2.22. The number of allylic oxidation sites excluding steroid dienone is 2. The van der Waals surface area contributed by atoms with E-state index in [0.29, 0.717) is 6.07 Å². The molecular formula is C20H22F2N7+. The zero-order valence-corrected chi connectivity index (χ0v) is 16.0. The van der Waals surface area contributed by atoms with Gasteiger partial charge in [0.05, 0.1) is 11.3 Å². The van der Waals surface area contributed by atoms with Crippen LogP contribution >= 0.6 is 0 Å². The van der Waals surface area contributed by atoms with Crippen molar-refractivity contribution in [2.24, 2.45) is 11.7 Å². The highest BCUT2D eigenvalue weighted by atomic mass is 19.1. The van der Waals surface area contributed by atoms with Gasteiger partial charge in [-0.25, -0.2) is 18.7 Å². The van der Waals surface area contributed by atoms with Gasteiger partial charge in [-0.2, -0.15) is 0 Å². The van der Waals surface area contributed by atoms with Crippen molar-refractivity contribution in [3.63, 3.8) is 0 Å². The van der Waals surface area contributed by atoms with Gasteiger partial charge in [-0.05, 0) is 24.3 Å². The van der Waals surface area contributed by atoms with Crippen LogP contribution in [0.5, 0.6) is 0 Å². The van der Waals surface area contributed by atoms with E-state index in [9.17, 15) is 8.78 Å². The minimum Gasteiger partial charge on any atom is -0.398 e. The summed E-state index contributed by atoms with van der Waals surface area (Å²) in [6, 6.07) is 4.45. The van der Waals surface area contributed by atoms with Crippen LogP contribution in [0, 0.1) is 33.8 Å². The smallest absolute Gasteiger partial charge is 0.222 e. The van der Waals surface area contributed by atoms with Crippen LogP contribution in [0.25, 0.3) is 5.57 Å². The summed E-state index contributed by atoms with van der Waals surface area (Å²) in [4.78, 5) is 8.15. The van der Waals surface area contributed by atoms with Gasteiger partial charge in [0.2, 0.25) is 11.7 Å². The van der Waals surface area contributed by atoms with Crippen molar-refractivity contribution in [2.45, 2.75) is 13.8 Å². The van der Waals surface area contributed by atoms with Crippen molar-refractivity contribution in [2.75, 3.05) is 0 Å². The van der Waals surface area contributed by atoms with E-state index in [1.165, 1.54) is 29.9 Å². The second-order valence-electron chi connectivity index (χ2n) is 6.44. The van der Waals surface area contributed by atoms with Gasteiger partial charge >= 0.3 is 0 Å². The molecule has 1 heterocycles. The first-order valence-electron chi connectivity index (χ1n) is 8.72. The normalized spacial score (nSPS) is 12.2. The molecule has 7 nitrogen and oxygen atoms in total. The Morgan fingerprint density at radius 1 is 1.10 bits per heavy atom. The Balaban J connectivity index is 2.45. The second kappa shape index (κ2) is 9.56. The van der Waals surface area contributed by atoms with Gasteiger partial charge in [-0.1, -0.05) is 13.8 Å². The van der Waals surface area contributed by atoms with Gasteiger partial charge in [0, 0.05) is 41.7 Å². The van der Waals surface area contributed by atoms with Crippen molar-refractivity contribution in [1.82, 2.24) is 9.97 Å². The topological polar surface area (TPSA) is 140 Å². The molecule has 2 aromatic rings. The van der Waals surface area contributed by atoms with Crippen LogP contribution in [-0.4, -0.2) is 27.4 Å². The van der Waals surface area contributed by atoms with E-state index < -0.39 is 11.6 Å². The number of quaternary nitrogens is 1. The number of nitrogens with zero attached hydrogens (tertiary/aromatic N) is 2. The van der Waals surface area contributed by atoms with Crippen LogP contribution in [-0.2, 0) is 0 Å². The molecule has 0 aliphatic carbocycles. The molecule has 0 aliphatic rings. The SMILES string of the molecule is CC(C)C(=N)[NH2+]C(=N)C=CC(N)=C(C(=N)c1ccc(F)cc1F)c1ncccn1. The molecule has 0 atom stereocenters. The first-order valence-corrected chi connectivity index (χ1v) is 8.72. The molecule has 0 saturated carbocycles. The fraction of sp³-hybridized carbons (Fsp3) is 0.150. The molecule has 0 radical (unpaired) electrons. The van der Waals surface area contributed by atoms with Gasteiger partial charge < -0.3 is 5.73 Å². The maximum Gasteiger partial charge on any atom is 0.222 e. The molecule has 0 fully saturated rings. The molecule has 0 bridgehead atoms. The quantitative estimate of drug-likeness (QED) is 0.289. The summed E-state index contributed by atoms with van der Waals surface area (Å²) in [7, 11) is 0. The highest BCUT2D eigenvalue weighted by Gasteiger charge is 2.19. The molecule has 0 amide bonds. The molecule has 1 aromatic carbocycles. The number of hydrogen-bond acceptors (Lipinski definition) is 6. The van der Waals surface area contributed by atoms with E-state index in [1.54, 1.807) is 6.07 Å². The lowest BCUT2D eigenvalue weighted by Crippen LogP contribution is -2.91. The first kappa shape index (κ1) is 21.7. The Labute approximate surface area is 166 Å². The molecular weight excluding hydrogens is 376 g/mol. The van der Waals surface area contributed by atoms with Crippen LogP contribution in [0.2, 0.25) is 0 Å². The lowest BCUT2D eigenvalue weighted by molar-refractivity contribution is -0.414. The van der Waals surface area contributed by atoms with Crippen LogP contribution in [0.1, 0.15) is 25.2 Å². The van der Waals surface area contributed by atoms with Crippen molar-refractivity contribution in [3.05, 3.63) is 77.5 Å². The molecule has 0 saturated heterocycles. The molecule has 0 aliphatic heterocycles. The third-order valence-corrected chi connectivity index (χ3v) is 3.90. The van der Waals surface area contributed by atoms with E-state index >= 15 is 0 Å². The Kier molecular flexibility index (Phi) is 7.15. The lowest BCUT2D eigenvalue weighted by Gasteiger charge is -2.11. The Bertz CT molecular complexity index is 995. The van der Waals surface area contributed by atoms with Gasteiger partial charge in [-0.15, -0.1) is 0 Å². The van der Waals surface area contributed by atoms with Crippen molar-refractivity contribution in [1.29, 1.82) is 16.2 Å². The summed E-state index contributed by atoms with van der Waals surface area (Å²) in [5, 5.41) is 25.5. The summed E-state index contributed by atoms with van der Waals surface area (Å²) in [5.74, 6) is -1.28. The van der Waals surface area contributed by atoms with E-state index in [-0.39, 0.29) is 46.0 Å². The first-order chi connectivity index (χ1) is 13.7. The van der Waals surface area contributed by atoms with Gasteiger partial charge in [-0.3, -0.25) is 21.5 Å². The monoisotopic (exact) mass is 398 g/mol. The zero-order chi connectivity index (χ0) is 21.6. The predicted molar refractivity (Wildman–Crippen MR) is 108 cm³/mol. The van der Waals surface area contributed by atoms with Crippen LogP contribution in [0.4, 0.5) is 8.78 Å². The van der Waals surface area contributed by atoms with E-state index in [1.807, 2.05) is 13.8 Å². The number of halogens is 2. The van der Waals surface area contributed by atoms with E-state index in [0.717, 1.165) is 12.1 Å². The molecule has 29 heavy (non-hydrogen) atoms. The number of aromatic nitrogens is 2. The minimum atomic E-state index is -0.910. The number of benzene rings is 1. The summed E-state index contributed by atoms with van der Waals surface area (Å²) < 4.78 is 27.4. The number of amidine groups is 2. The van der Waals surface area contributed by atoms with Crippen LogP contribution < -0.4 is 11.1 Å². The molecule has 9 heteroatoms. The van der Waals surface area contributed by atoms with E-state index in [4.69, 9.17) is 22.0 Å². The molecule has 0 unspecified atom stereocenters. The fourth-order valence-corrected chi connectivity index (χ4v) is 2.29. The summed E-state index contributed by atoms with van der Waals surface area (Å²) in [6.07, 6.45) is 5.64. The standard InChI is InChI=1S/C20H21F2N7/c1-11(2)19(26)29-16(24)7-6-15(23)17(20-27-8-3-9-28-20)18(25)13-5-4-12(21)10-14(13)22/h3-11,25H,23H2,1-2H3,(H3,24,26,29)/p+1. The van der Waals surface area contributed by atoms with Gasteiger partial charge in [0.25, 0.3) is 0 Å². The average molecular weight is 398 g/mol. The van der Waals surface area contributed by atoms with E-state index in [2.05, 4.69) is 9.97 Å². The Hall–Kier alpha value is -3.59. The number of rotatable bonds is 6. The summed E-state index contributed by atoms with van der Waals surface area (Å²) >= 11 is 0. The van der Waals surface area contributed by atoms with Crippen LogP contribution in [0.3, 0.4) is 0 Å². The minimum absolute atomic E-state index is 0.0270. The second-order valence-corrected chi connectivity index (χ2v) is 6.44. The Morgan fingerprint density at radius 2 is 1.76 bits per heavy atom. The van der Waals surface area contributed by atoms with Crippen molar-refractivity contribution in [3.8, 4) is 0 Å². The third kappa shape index (κ3) is 5.69. The zero-order valence-electron chi connectivity index (χ0n) is 16.0. The average Bonchev–Trinajstić information content (AvgIpc) is 2.67. The maximum atomic E-state index is 14.2. The lowest BCUT2D eigenvalue weighted by atomic mass is 9.99. The molecule has 0 spiro atoms. The summed E-state index contributed by atoms with van der Waals surface area (Å²) in [5.41, 5.74) is 5.71. The fourth-order valence-electron chi connectivity index (χ4n) is 2.29. The maximum absolute atomic E-state index is 14.2. The molecule has 150 valence electrons. The molecule has 2 rings (SSSR count). The van der Waals surface area contributed by atoms with Gasteiger partial charge in [0.15, 0.2) is 5.82 Å². The third-order valence-electron chi connectivity index (χ3n) is 3.90. The molecule has 7 N–H and O–H groups in total. The highest BCUT2D eigenvalue weighted by Crippen LogP contribution is 2.21. The number of nitrogens with two attached hydrogens (primary N) is 2. The van der Waals surface area contributed by atoms with Gasteiger partial charge in [0.1, 0.15) is 11.6 Å². The molecule has 1 aromatic heterocycles. The summed E-state index contributed by atoms with van der Waals surface area (Å²) in [6.45, 7) is 3.68. The van der Waals surface area contributed by atoms with Crippen LogP contribution in [0.15, 0.2) is 54.5 Å². The largest absolute Gasteiger partial charge is 0.398 e. The number of hydrogen-bond donors (Lipinski definition) is 5.